The van der Waals surface area contributed by atoms with E-state index < -0.39 is 24.3 Å². The molecule has 0 heterocycles. The van der Waals surface area contributed by atoms with Gasteiger partial charge in [-0.2, -0.15) is 0 Å². The van der Waals surface area contributed by atoms with Crippen molar-refractivity contribution in [2.75, 3.05) is 29.9 Å². The Kier molecular flexibility index (Phi) is 6.97. The molecule has 2 aromatic rings. The number of benzene rings is 2. The Morgan fingerprint density at radius 3 is 2.35 bits per heavy atom. The minimum Gasteiger partial charge on any atom is -0.452 e. The molecule has 0 saturated carbocycles. The van der Waals surface area contributed by atoms with Gasteiger partial charge in [0.15, 0.2) is 6.61 Å². The first-order chi connectivity index (χ1) is 12.4. The molecule has 0 unspecified atom stereocenters. The smallest absolute Gasteiger partial charge is 0.338 e. The van der Waals surface area contributed by atoms with Gasteiger partial charge >= 0.3 is 5.97 Å². The van der Waals surface area contributed by atoms with E-state index in [4.69, 9.17) is 16.3 Å². The zero-order valence-corrected chi connectivity index (χ0v) is 15.3. The van der Waals surface area contributed by atoms with E-state index in [0.29, 0.717) is 5.56 Å². The van der Waals surface area contributed by atoms with Gasteiger partial charge in [-0.3, -0.25) is 4.79 Å². The molecule has 0 radical (unpaired) electrons. The first-order valence-corrected chi connectivity index (χ1v) is 8.59. The van der Waals surface area contributed by atoms with Gasteiger partial charge in [0, 0.05) is 18.8 Å². The van der Waals surface area contributed by atoms with E-state index in [9.17, 15) is 14.0 Å². The summed E-state index contributed by atoms with van der Waals surface area (Å²) in [7, 11) is 0. The molecule has 1 N–H and O–H groups in total. The van der Waals surface area contributed by atoms with Crippen LogP contribution in [0, 0.1) is 5.82 Å². The van der Waals surface area contributed by atoms with Gasteiger partial charge in [0.05, 0.1) is 16.3 Å². The van der Waals surface area contributed by atoms with E-state index in [1.54, 1.807) is 12.1 Å². The van der Waals surface area contributed by atoms with Crippen LogP contribution in [0.25, 0.3) is 0 Å². The van der Waals surface area contributed by atoms with Crippen LogP contribution in [0.4, 0.5) is 15.8 Å². The number of hydrogen-bond acceptors (Lipinski definition) is 4. The Morgan fingerprint density at radius 2 is 1.77 bits per heavy atom. The van der Waals surface area contributed by atoms with Crippen molar-refractivity contribution in [3.05, 3.63) is 58.9 Å². The molecule has 2 rings (SSSR count). The van der Waals surface area contributed by atoms with E-state index in [-0.39, 0.29) is 10.7 Å². The fourth-order valence-electron chi connectivity index (χ4n) is 2.39. The number of hydrogen-bond donors (Lipinski definition) is 1. The molecular formula is C19H20ClFN2O3. The minimum absolute atomic E-state index is 0.0664. The Labute approximate surface area is 156 Å². The summed E-state index contributed by atoms with van der Waals surface area (Å²) in [5.41, 5.74) is 1.61. The third-order valence-corrected chi connectivity index (χ3v) is 4.08. The number of amides is 1. The lowest BCUT2D eigenvalue weighted by molar-refractivity contribution is -0.119. The van der Waals surface area contributed by atoms with Crippen molar-refractivity contribution in [3.63, 3.8) is 0 Å². The molecule has 0 aliphatic rings. The normalized spacial score (nSPS) is 10.3. The van der Waals surface area contributed by atoms with Gasteiger partial charge in [0.2, 0.25) is 0 Å². The second-order valence-electron chi connectivity index (χ2n) is 5.47. The van der Waals surface area contributed by atoms with Crippen LogP contribution in [0.15, 0.2) is 42.5 Å². The van der Waals surface area contributed by atoms with E-state index in [0.717, 1.165) is 24.8 Å². The predicted octanol–water partition coefficient (Wildman–Crippen LogP) is 4.12. The van der Waals surface area contributed by atoms with Gasteiger partial charge in [-0.15, -0.1) is 0 Å². The van der Waals surface area contributed by atoms with Crippen molar-refractivity contribution in [2.24, 2.45) is 0 Å². The van der Waals surface area contributed by atoms with Crippen molar-refractivity contribution in [3.8, 4) is 0 Å². The van der Waals surface area contributed by atoms with Gasteiger partial charge in [0.1, 0.15) is 5.82 Å². The van der Waals surface area contributed by atoms with Crippen molar-refractivity contribution in [1.29, 1.82) is 0 Å². The maximum atomic E-state index is 13.0. The van der Waals surface area contributed by atoms with Gasteiger partial charge < -0.3 is 15.0 Å². The van der Waals surface area contributed by atoms with E-state index in [1.807, 2.05) is 12.1 Å². The zero-order chi connectivity index (χ0) is 19.1. The second kappa shape index (κ2) is 9.20. The summed E-state index contributed by atoms with van der Waals surface area (Å²) in [6.45, 7) is 5.37. The molecular weight excluding hydrogens is 359 g/mol. The zero-order valence-electron chi connectivity index (χ0n) is 14.6. The highest BCUT2D eigenvalue weighted by Gasteiger charge is 2.12. The quantitative estimate of drug-likeness (QED) is 0.736. The Morgan fingerprint density at radius 1 is 1.12 bits per heavy atom. The summed E-state index contributed by atoms with van der Waals surface area (Å²) in [6.07, 6.45) is 0. The fourth-order valence-corrected chi connectivity index (χ4v) is 2.60. The summed E-state index contributed by atoms with van der Waals surface area (Å²) < 4.78 is 18.0. The topological polar surface area (TPSA) is 58.6 Å². The van der Waals surface area contributed by atoms with Crippen molar-refractivity contribution >= 4 is 34.9 Å². The lowest BCUT2D eigenvalue weighted by atomic mass is 10.2. The van der Waals surface area contributed by atoms with E-state index in [1.165, 1.54) is 12.1 Å². The molecule has 1 amide bonds. The standard InChI is InChI=1S/C19H20ClFN2O3/c1-3-23(4-2)15-8-5-13(6-9-15)19(25)26-12-18(24)22-17-10-7-14(21)11-16(17)20/h5-11H,3-4,12H2,1-2H3,(H,22,24). The summed E-state index contributed by atoms with van der Waals surface area (Å²) in [6, 6.07) is 10.6. The Balaban J connectivity index is 1.90. The highest BCUT2D eigenvalue weighted by atomic mass is 35.5. The summed E-state index contributed by atoms with van der Waals surface area (Å²) in [5.74, 6) is -1.67. The Bertz CT molecular complexity index is 777. The molecule has 0 atom stereocenters. The molecule has 5 nitrogen and oxygen atoms in total. The number of nitrogens with one attached hydrogen (secondary N) is 1. The van der Waals surface area contributed by atoms with Crippen LogP contribution >= 0.6 is 11.6 Å². The highest BCUT2D eigenvalue weighted by Crippen LogP contribution is 2.22. The molecule has 0 bridgehead atoms. The summed E-state index contributed by atoms with van der Waals surface area (Å²) >= 11 is 5.83. The number of carbonyl (C=O) groups excluding carboxylic acids is 2. The summed E-state index contributed by atoms with van der Waals surface area (Å²) in [5, 5.41) is 2.53. The van der Waals surface area contributed by atoms with Crippen LogP contribution < -0.4 is 10.2 Å². The fraction of sp³-hybridized carbons (Fsp3) is 0.263. The van der Waals surface area contributed by atoms with Crippen LogP contribution in [0.1, 0.15) is 24.2 Å². The first-order valence-electron chi connectivity index (χ1n) is 8.21. The van der Waals surface area contributed by atoms with Gasteiger partial charge in [-0.25, -0.2) is 9.18 Å². The Hall–Kier alpha value is -2.60. The SMILES string of the molecule is CCN(CC)c1ccc(C(=O)OCC(=O)Nc2ccc(F)cc2Cl)cc1. The van der Waals surface area contributed by atoms with Crippen LogP contribution in [0.3, 0.4) is 0 Å². The van der Waals surface area contributed by atoms with E-state index >= 15 is 0 Å². The molecule has 0 fully saturated rings. The van der Waals surface area contributed by atoms with Gasteiger partial charge in [0.25, 0.3) is 5.91 Å². The number of rotatable bonds is 7. The van der Waals surface area contributed by atoms with Crippen molar-refractivity contribution in [2.45, 2.75) is 13.8 Å². The van der Waals surface area contributed by atoms with Crippen LogP contribution in [-0.4, -0.2) is 31.6 Å². The number of ether oxygens (including phenoxy) is 1. The first kappa shape index (κ1) is 19.7. The molecule has 26 heavy (non-hydrogen) atoms. The number of carbonyl (C=O) groups is 2. The molecule has 0 saturated heterocycles. The van der Waals surface area contributed by atoms with E-state index in [2.05, 4.69) is 24.1 Å². The van der Waals surface area contributed by atoms with Gasteiger partial charge in [-0.1, -0.05) is 11.6 Å². The lowest BCUT2D eigenvalue weighted by Gasteiger charge is -2.20. The van der Waals surface area contributed by atoms with Crippen molar-refractivity contribution < 1.29 is 18.7 Å². The average Bonchev–Trinajstić information content (AvgIpc) is 2.63. The number of esters is 1. The number of halogens is 2. The lowest BCUT2D eigenvalue weighted by Crippen LogP contribution is -2.22. The molecule has 0 spiro atoms. The minimum atomic E-state index is -0.601. The molecule has 7 heteroatoms. The molecule has 0 aliphatic heterocycles. The highest BCUT2D eigenvalue weighted by molar-refractivity contribution is 6.33. The second-order valence-corrected chi connectivity index (χ2v) is 5.87. The average molecular weight is 379 g/mol. The number of nitrogens with zero attached hydrogens (tertiary/aromatic N) is 1. The maximum Gasteiger partial charge on any atom is 0.338 e. The maximum absolute atomic E-state index is 13.0. The predicted molar refractivity (Wildman–Crippen MR) is 100 cm³/mol. The monoisotopic (exact) mass is 378 g/mol. The third kappa shape index (κ3) is 5.20. The molecule has 138 valence electrons. The molecule has 0 aromatic heterocycles. The largest absolute Gasteiger partial charge is 0.452 e. The van der Waals surface area contributed by atoms with Crippen LogP contribution in [-0.2, 0) is 9.53 Å². The number of anilines is 2. The van der Waals surface area contributed by atoms with Crippen molar-refractivity contribution in [1.82, 2.24) is 0 Å². The molecule has 2 aromatic carbocycles. The third-order valence-electron chi connectivity index (χ3n) is 3.77. The van der Waals surface area contributed by atoms with Crippen LogP contribution in [0.2, 0.25) is 5.02 Å². The van der Waals surface area contributed by atoms with Gasteiger partial charge in [-0.05, 0) is 56.3 Å². The summed E-state index contributed by atoms with van der Waals surface area (Å²) in [4.78, 5) is 26.0. The molecule has 0 aliphatic carbocycles. The van der Waals surface area contributed by atoms with Crippen LogP contribution in [0.5, 0.6) is 0 Å².